The Bertz CT molecular complexity index is 522. The summed E-state index contributed by atoms with van der Waals surface area (Å²) in [6, 6.07) is 8.08. The van der Waals surface area contributed by atoms with Crippen LogP contribution in [0.2, 0.25) is 5.02 Å². The molecule has 1 heterocycles. The molecule has 0 radical (unpaired) electrons. The summed E-state index contributed by atoms with van der Waals surface area (Å²) in [4.78, 5) is 11.1. The molecule has 0 amide bonds. The molecule has 1 aromatic carbocycles. The fraction of sp³-hybridized carbons (Fsp3) is 0.562. The lowest BCUT2D eigenvalue weighted by Crippen LogP contribution is -2.33. The molecule has 0 spiro atoms. The van der Waals surface area contributed by atoms with Gasteiger partial charge >= 0.3 is 5.97 Å². The van der Waals surface area contributed by atoms with Crippen molar-refractivity contribution >= 4 is 17.6 Å². The molecule has 5 nitrogen and oxygen atoms in total. The van der Waals surface area contributed by atoms with Gasteiger partial charge in [0.1, 0.15) is 0 Å². The van der Waals surface area contributed by atoms with Gasteiger partial charge in [0.2, 0.25) is 0 Å². The van der Waals surface area contributed by atoms with Crippen LogP contribution >= 0.6 is 11.6 Å². The first-order valence-corrected chi connectivity index (χ1v) is 7.96. The highest BCUT2D eigenvalue weighted by Crippen LogP contribution is 2.26. The first kappa shape index (κ1) is 17.2. The van der Waals surface area contributed by atoms with Crippen LogP contribution in [-0.2, 0) is 4.79 Å². The van der Waals surface area contributed by atoms with Crippen LogP contribution in [0.3, 0.4) is 0 Å². The number of hydrogen-bond donors (Lipinski definition) is 4. The Labute approximate surface area is 136 Å². The van der Waals surface area contributed by atoms with Gasteiger partial charge in [-0.3, -0.25) is 10.2 Å². The second-order valence-electron chi connectivity index (χ2n) is 6.46. The average molecular weight is 326 g/mol. The average Bonchev–Trinajstić information content (AvgIpc) is 2.92. The molecule has 1 aliphatic heterocycles. The molecule has 0 aliphatic carbocycles. The maximum Gasteiger partial charge on any atom is 0.309 e. The maximum absolute atomic E-state index is 11.1. The molecule has 122 valence electrons. The molecule has 0 aromatic heterocycles. The summed E-state index contributed by atoms with van der Waals surface area (Å²) < 4.78 is 0. The van der Waals surface area contributed by atoms with Gasteiger partial charge in [0, 0.05) is 24.0 Å². The van der Waals surface area contributed by atoms with Gasteiger partial charge in [-0.2, -0.15) is 0 Å². The lowest BCUT2D eigenvalue weighted by atomic mass is 9.89. The number of benzene rings is 1. The molecular formula is C16H24ClN3O2. The Balaban J connectivity index is 1.83. The number of carbonyl (C=O) groups is 1. The number of nitrogens with one attached hydrogen (secondary N) is 3. The molecule has 1 aliphatic rings. The summed E-state index contributed by atoms with van der Waals surface area (Å²) in [7, 11) is 0. The SMILES string of the molecule is CC(C)(CCNCC1CNNC1c1cccc(Cl)c1)C(=O)O. The summed E-state index contributed by atoms with van der Waals surface area (Å²) in [6.45, 7) is 5.90. The summed E-state index contributed by atoms with van der Waals surface area (Å²) in [5.74, 6) is -0.360. The van der Waals surface area contributed by atoms with Crippen molar-refractivity contribution in [2.45, 2.75) is 26.3 Å². The monoisotopic (exact) mass is 325 g/mol. The second-order valence-corrected chi connectivity index (χ2v) is 6.90. The first-order chi connectivity index (χ1) is 10.4. The van der Waals surface area contributed by atoms with Gasteiger partial charge in [-0.05, 0) is 44.5 Å². The van der Waals surface area contributed by atoms with Crippen molar-refractivity contribution in [3.05, 3.63) is 34.9 Å². The number of carboxylic acids is 1. The molecule has 0 saturated carbocycles. The quantitative estimate of drug-likeness (QED) is 0.578. The van der Waals surface area contributed by atoms with Gasteiger partial charge in [-0.1, -0.05) is 23.7 Å². The number of hydrogen-bond acceptors (Lipinski definition) is 4. The van der Waals surface area contributed by atoms with Crippen molar-refractivity contribution in [1.29, 1.82) is 0 Å². The van der Waals surface area contributed by atoms with Gasteiger partial charge in [-0.15, -0.1) is 0 Å². The van der Waals surface area contributed by atoms with Crippen molar-refractivity contribution < 1.29 is 9.90 Å². The molecule has 4 N–H and O–H groups in total. The summed E-state index contributed by atoms with van der Waals surface area (Å²) in [5.41, 5.74) is 6.94. The van der Waals surface area contributed by atoms with Crippen LogP contribution in [0.25, 0.3) is 0 Å². The van der Waals surface area contributed by atoms with Crippen LogP contribution in [-0.4, -0.2) is 30.7 Å². The van der Waals surface area contributed by atoms with Crippen molar-refractivity contribution in [2.24, 2.45) is 11.3 Å². The minimum absolute atomic E-state index is 0.207. The van der Waals surface area contributed by atoms with Crippen LogP contribution in [0.5, 0.6) is 0 Å². The number of hydrazine groups is 1. The number of carboxylic acid groups (broad SMARTS) is 1. The van der Waals surface area contributed by atoms with Crippen LogP contribution in [0.4, 0.5) is 0 Å². The lowest BCUT2D eigenvalue weighted by molar-refractivity contribution is -0.147. The zero-order valence-corrected chi connectivity index (χ0v) is 13.8. The maximum atomic E-state index is 11.1. The summed E-state index contributed by atoms with van der Waals surface area (Å²) in [6.07, 6.45) is 0.609. The van der Waals surface area contributed by atoms with E-state index in [-0.39, 0.29) is 6.04 Å². The van der Waals surface area contributed by atoms with E-state index in [4.69, 9.17) is 16.7 Å². The van der Waals surface area contributed by atoms with E-state index in [0.29, 0.717) is 18.9 Å². The highest BCUT2D eigenvalue weighted by atomic mass is 35.5. The molecule has 2 rings (SSSR count). The Kier molecular flexibility index (Phi) is 5.81. The Morgan fingerprint density at radius 2 is 2.27 bits per heavy atom. The van der Waals surface area contributed by atoms with E-state index in [1.807, 2.05) is 18.2 Å². The normalized spacial score (nSPS) is 22.0. The lowest BCUT2D eigenvalue weighted by Gasteiger charge is -2.22. The van der Waals surface area contributed by atoms with Crippen molar-refractivity contribution in [1.82, 2.24) is 16.2 Å². The predicted octanol–water partition coefficient (Wildman–Crippen LogP) is 2.20. The van der Waals surface area contributed by atoms with Crippen LogP contribution in [0.15, 0.2) is 24.3 Å². The topological polar surface area (TPSA) is 73.4 Å². The predicted molar refractivity (Wildman–Crippen MR) is 87.7 cm³/mol. The molecule has 6 heteroatoms. The number of aliphatic carboxylic acids is 1. The molecule has 2 atom stereocenters. The third-order valence-electron chi connectivity index (χ3n) is 4.21. The molecule has 1 fully saturated rings. The Morgan fingerprint density at radius 1 is 1.50 bits per heavy atom. The number of halogens is 1. The van der Waals surface area contributed by atoms with E-state index in [1.165, 1.54) is 0 Å². The second kappa shape index (κ2) is 7.42. The van der Waals surface area contributed by atoms with Crippen LogP contribution in [0, 0.1) is 11.3 Å². The zero-order valence-electron chi connectivity index (χ0n) is 13.0. The highest BCUT2D eigenvalue weighted by Gasteiger charge is 2.29. The molecule has 0 bridgehead atoms. The number of rotatable bonds is 7. The fourth-order valence-corrected chi connectivity index (χ4v) is 2.78. The van der Waals surface area contributed by atoms with Crippen LogP contribution in [0.1, 0.15) is 31.9 Å². The minimum atomic E-state index is -0.754. The molecule has 22 heavy (non-hydrogen) atoms. The largest absolute Gasteiger partial charge is 0.481 e. The van der Waals surface area contributed by atoms with E-state index >= 15 is 0 Å². The van der Waals surface area contributed by atoms with E-state index in [0.717, 1.165) is 23.7 Å². The fourth-order valence-electron chi connectivity index (χ4n) is 2.58. The molecule has 2 unspecified atom stereocenters. The minimum Gasteiger partial charge on any atom is -0.481 e. The molecule has 1 aromatic rings. The molecular weight excluding hydrogens is 302 g/mol. The van der Waals surface area contributed by atoms with E-state index in [2.05, 4.69) is 22.2 Å². The van der Waals surface area contributed by atoms with Crippen molar-refractivity contribution in [2.75, 3.05) is 19.6 Å². The summed E-state index contributed by atoms with van der Waals surface area (Å²) >= 11 is 6.06. The first-order valence-electron chi connectivity index (χ1n) is 7.58. The van der Waals surface area contributed by atoms with Gasteiger partial charge in [0.25, 0.3) is 0 Å². The van der Waals surface area contributed by atoms with E-state index in [9.17, 15) is 4.79 Å². The Morgan fingerprint density at radius 3 is 2.95 bits per heavy atom. The van der Waals surface area contributed by atoms with Gasteiger partial charge in [0.15, 0.2) is 0 Å². The van der Waals surface area contributed by atoms with Gasteiger partial charge in [0.05, 0.1) is 11.5 Å². The van der Waals surface area contributed by atoms with E-state index < -0.39 is 11.4 Å². The summed E-state index contributed by atoms with van der Waals surface area (Å²) in [5, 5.41) is 13.2. The Hall–Kier alpha value is -1.14. The van der Waals surface area contributed by atoms with E-state index in [1.54, 1.807) is 13.8 Å². The highest BCUT2D eigenvalue weighted by molar-refractivity contribution is 6.30. The van der Waals surface area contributed by atoms with Gasteiger partial charge < -0.3 is 10.4 Å². The standard InChI is InChI=1S/C16H24ClN3O2/c1-16(2,15(21)22)6-7-18-9-12-10-19-20-14(12)11-4-3-5-13(17)8-11/h3-5,8,12,14,18-20H,6-7,9-10H2,1-2H3,(H,21,22). The van der Waals surface area contributed by atoms with Crippen LogP contribution < -0.4 is 16.2 Å². The van der Waals surface area contributed by atoms with Crippen molar-refractivity contribution in [3.63, 3.8) is 0 Å². The smallest absolute Gasteiger partial charge is 0.309 e. The van der Waals surface area contributed by atoms with Gasteiger partial charge in [-0.25, -0.2) is 5.43 Å². The third-order valence-corrected chi connectivity index (χ3v) is 4.45. The third kappa shape index (κ3) is 4.43. The zero-order chi connectivity index (χ0) is 16.2. The molecule has 1 saturated heterocycles. The van der Waals surface area contributed by atoms with Crippen molar-refractivity contribution in [3.8, 4) is 0 Å².